The van der Waals surface area contributed by atoms with Crippen LogP contribution in [0.3, 0.4) is 0 Å². The Balaban J connectivity index is 2.25. The highest BCUT2D eigenvalue weighted by atomic mass is 16.5. The quantitative estimate of drug-likeness (QED) is 0.812. The summed E-state index contributed by atoms with van der Waals surface area (Å²) in [6, 6.07) is 13.5. The monoisotopic (exact) mass is 341 g/mol. The van der Waals surface area contributed by atoms with Gasteiger partial charge in [-0.2, -0.15) is 0 Å². The molecule has 4 heteroatoms. The highest BCUT2D eigenvalue weighted by molar-refractivity contribution is 5.95. The molecule has 0 saturated heterocycles. The Labute approximate surface area is 150 Å². The van der Waals surface area contributed by atoms with E-state index < -0.39 is 0 Å². The van der Waals surface area contributed by atoms with Gasteiger partial charge in [-0.15, -0.1) is 0 Å². The number of carbonyl (C=O) groups is 1. The Bertz CT molecular complexity index is 685. The average Bonchev–Trinajstić information content (AvgIpc) is 2.65. The maximum Gasteiger partial charge on any atom is 0.252 e. The van der Waals surface area contributed by atoms with Crippen LogP contribution in [-0.4, -0.2) is 20.1 Å². The molecule has 1 unspecified atom stereocenters. The van der Waals surface area contributed by atoms with Crippen molar-refractivity contribution in [3.05, 3.63) is 59.2 Å². The van der Waals surface area contributed by atoms with E-state index in [2.05, 4.69) is 50.4 Å². The number of hydrogen-bond donors (Lipinski definition) is 1. The second-order valence-corrected chi connectivity index (χ2v) is 6.39. The SMILES string of the molecule is CCc1ccc(C(NC(=O)c2cc(OC)cc(OC)c2)C(C)C)cc1. The average molecular weight is 341 g/mol. The van der Waals surface area contributed by atoms with E-state index in [-0.39, 0.29) is 17.9 Å². The van der Waals surface area contributed by atoms with Gasteiger partial charge in [0.1, 0.15) is 11.5 Å². The molecule has 2 aromatic carbocycles. The molecular weight excluding hydrogens is 314 g/mol. The first kappa shape index (κ1) is 18.8. The van der Waals surface area contributed by atoms with Crippen LogP contribution in [0.2, 0.25) is 0 Å². The largest absolute Gasteiger partial charge is 0.497 e. The van der Waals surface area contributed by atoms with Crippen LogP contribution >= 0.6 is 0 Å². The molecule has 0 aliphatic rings. The first-order chi connectivity index (χ1) is 12.0. The Morgan fingerprint density at radius 3 is 2.00 bits per heavy atom. The van der Waals surface area contributed by atoms with Gasteiger partial charge in [0, 0.05) is 11.6 Å². The van der Waals surface area contributed by atoms with Gasteiger partial charge in [0.15, 0.2) is 0 Å². The smallest absolute Gasteiger partial charge is 0.252 e. The van der Waals surface area contributed by atoms with Crippen molar-refractivity contribution in [2.75, 3.05) is 14.2 Å². The standard InChI is InChI=1S/C21H27NO3/c1-6-15-7-9-16(10-8-15)20(14(2)3)22-21(23)17-11-18(24-4)13-19(12-17)25-5/h7-14,20H,6H2,1-5H3,(H,22,23). The van der Waals surface area contributed by atoms with Crippen molar-refractivity contribution in [1.82, 2.24) is 5.32 Å². The molecule has 1 N–H and O–H groups in total. The molecule has 0 bridgehead atoms. The Hall–Kier alpha value is -2.49. The number of hydrogen-bond acceptors (Lipinski definition) is 3. The van der Waals surface area contributed by atoms with E-state index in [0.717, 1.165) is 12.0 Å². The molecule has 0 radical (unpaired) electrons. The highest BCUT2D eigenvalue weighted by Crippen LogP contribution is 2.25. The summed E-state index contributed by atoms with van der Waals surface area (Å²) in [5, 5.41) is 3.14. The van der Waals surface area contributed by atoms with Crippen LogP contribution in [0.25, 0.3) is 0 Å². The van der Waals surface area contributed by atoms with Gasteiger partial charge >= 0.3 is 0 Å². The van der Waals surface area contributed by atoms with Gasteiger partial charge in [-0.3, -0.25) is 4.79 Å². The van der Waals surface area contributed by atoms with Crippen LogP contribution in [0, 0.1) is 5.92 Å². The number of aryl methyl sites for hydroxylation is 1. The lowest BCUT2D eigenvalue weighted by atomic mass is 9.94. The Kier molecular flexibility index (Phi) is 6.45. The molecule has 1 amide bonds. The number of rotatable bonds is 7. The number of methoxy groups -OCH3 is 2. The first-order valence-corrected chi connectivity index (χ1v) is 8.61. The number of ether oxygens (including phenoxy) is 2. The predicted molar refractivity (Wildman–Crippen MR) is 100 cm³/mol. The van der Waals surface area contributed by atoms with E-state index in [9.17, 15) is 4.79 Å². The minimum absolute atomic E-state index is 0.0596. The van der Waals surface area contributed by atoms with Gasteiger partial charge in [-0.05, 0) is 35.6 Å². The molecule has 1 atom stereocenters. The Morgan fingerprint density at radius 1 is 1.00 bits per heavy atom. The van der Waals surface area contributed by atoms with Gasteiger partial charge in [-0.1, -0.05) is 45.0 Å². The lowest BCUT2D eigenvalue weighted by Crippen LogP contribution is -2.31. The molecule has 0 aliphatic heterocycles. The Morgan fingerprint density at radius 2 is 1.56 bits per heavy atom. The zero-order chi connectivity index (χ0) is 18.4. The number of nitrogens with one attached hydrogen (secondary N) is 1. The molecule has 0 saturated carbocycles. The molecule has 25 heavy (non-hydrogen) atoms. The van der Waals surface area contributed by atoms with Crippen LogP contribution in [0.5, 0.6) is 11.5 Å². The molecule has 0 aromatic heterocycles. The number of benzene rings is 2. The fourth-order valence-corrected chi connectivity index (χ4v) is 2.76. The predicted octanol–water partition coefficient (Wildman–Crippen LogP) is 4.39. The maximum atomic E-state index is 12.8. The van der Waals surface area contributed by atoms with E-state index in [1.165, 1.54) is 5.56 Å². The van der Waals surface area contributed by atoms with Crippen molar-refractivity contribution >= 4 is 5.91 Å². The zero-order valence-electron chi connectivity index (χ0n) is 15.6. The number of carbonyl (C=O) groups excluding carboxylic acids is 1. The van der Waals surface area contributed by atoms with Gasteiger partial charge in [-0.25, -0.2) is 0 Å². The fourth-order valence-electron chi connectivity index (χ4n) is 2.76. The van der Waals surface area contributed by atoms with Gasteiger partial charge in [0.05, 0.1) is 20.3 Å². The summed E-state index contributed by atoms with van der Waals surface area (Å²) in [7, 11) is 3.14. The van der Waals surface area contributed by atoms with E-state index in [0.29, 0.717) is 17.1 Å². The maximum absolute atomic E-state index is 12.8. The summed E-state index contributed by atoms with van der Waals surface area (Å²) in [5.41, 5.74) is 2.91. The lowest BCUT2D eigenvalue weighted by Gasteiger charge is -2.23. The highest BCUT2D eigenvalue weighted by Gasteiger charge is 2.20. The zero-order valence-corrected chi connectivity index (χ0v) is 15.6. The van der Waals surface area contributed by atoms with Crippen LogP contribution in [0.1, 0.15) is 48.3 Å². The normalized spacial score (nSPS) is 11.9. The molecule has 0 spiro atoms. The summed E-state index contributed by atoms with van der Waals surface area (Å²) in [6.07, 6.45) is 1.00. The third kappa shape index (κ3) is 4.75. The second kappa shape index (κ2) is 8.56. The second-order valence-electron chi connectivity index (χ2n) is 6.39. The molecular formula is C21H27NO3. The van der Waals surface area contributed by atoms with Gasteiger partial charge in [0.25, 0.3) is 5.91 Å². The number of amides is 1. The van der Waals surface area contributed by atoms with Gasteiger partial charge in [0.2, 0.25) is 0 Å². The van der Waals surface area contributed by atoms with Crippen LogP contribution in [0.15, 0.2) is 42.5 Å². The van der Waals surface area contributed by atoms with Gasteiger partial charge < -0.3 is 14.8 Å². The fraction of sp³-hybridized carbons (Fsp3) is 0.381. The minimum atomic E-state index is -0.143. The van der Waals surface area contributed by atoms with Crippen molar-refractivity contribution in [2.24, 2.45) is 5.92 Å². The molecule has 0 aliphatic carbocycles. The third-order valence-corrected chi connectivity index (χ3v) is 4.31. The molecule has 0 fully saturated rings. The van der Waals surface area contributed by atoms with Crippen molar-refractivity contribution in [2.45, 2.75) is 33.2 Å². The summed E-state index contributed by atoms with van der Waals surface area (Å²) < 4.78 is 10.5. The van der Waals surface area contributed by atoms with Crippen molar-refractivity contribution in [1.29, 1.82) is 0 Å². The summed E-state index contributed by atoms with van der Waals surface area (Å²) in [5.74, 6) is 1.31. The molecule has 4 nitrogen and oxygen atoms in total. The third-order valence-electron chi connectivity index (χ3n) is 4.31. The molecule has 2 rings (SSSR count). The van der Waals surface area contributed by atoms with Crippen LogP contribution < -0.4 is 14.8 Å². The van der Waals surface area contributed by atoms with E-state index >= 15 is 0 Å². The van der Waals surface area contributed by atoms with Crippen molar-refractivity contribution in [3.8, 4) is 11.5 Å². The van der Waals surface area contributed by atoms with Crippen molar-refractivity contribution < 1.29 is 14.3 Å². The lowest BCUT2D eigenvalue weighted by molar-refractivity contribution is 0.0925. The molecule has 2 aromatic rings. The van der Waals surface area contributed by atoms with E-state index in [4.69, 9.17) is 9.47 Å². The summed E-state index contributed by atoms with van der Waals surface area (Å²) >= 11 is 0. The van der Waals surface area contributed by atoms with Crippen molar-refractivity contribution in [3.63, 3.8) is 0 Å². The van der Waals surface area contributed by atoms with Crippen LogP contribution in [-0.2, 0) is 6.42 Å². The van der Waals surface area contributed by atoms with E-state index in [1.54, 1.807) is 32.4 Å². The van der Waals surface area contributed by atoms with E-state index in [1.807, 2.05) is 0 Å². The topological polar surface area (TPSA) is 47.6 Å². The molecule has 0 heterocycles. The summed E-state index contributed by atoms with van der Waals surface area (Å²) in [4.78, 5) is 12.8. The first-order valence-electron chi connectivity index (χ1n) is 8.61. The minimum Gasteiger partial charge on any atom is -0.497 e. The molecule has 134 valence electrons. The summed E-state index contributed by atoms with van der Waals surface area (Å²) in [6.45, 7) is 6.34. The van der Waals surface area contributed by atoms with Crippen LogP contribution in [0.4, 0.5) is 0 Å².